The molecule has 1 fully saturated rings. The molecule has 138 valence electrons. The first kappa shape index (κ1) is 19.6. The zero-order valence-corrected chi connectivity index (χ0v) is 16.9. The first-order chi connectivity index (χ1) is 11.9. The van der Waals surface area contributed by atoms with Crippen LogP contribution in [0.2, 0.25) is 0 Å². The van der Waals surface area contributed by atoms with Crippen LogP contribution in [0.1, 0.15) is 25.8 Å². The maximum absolute atomic E-state index is 12.1. The standard InChI is InChI=1S/C18H27BrN4O2/c1-12(2)17(24)23-8-7-15(11-23)22-18(20-3)21-10-13-9-14(19)5-6-16(13)25-4/h5-6,9,12,15H,7-8,10-11H2,1-4H3,(H2,20,21,22). The summed E-state index contributed by atoms with van der Waals surface area (Å²) in [7, 11) is 3.41. The Balaban J connectivity index is 1.90. The van der Waals surface area contributed by atoms with Crippen LogP contribution in [-0.4, -0.2) is 50.1 Å². The Bertz CT molecular complexity index is 634. The minimum Gasteiger partial charge on any atom is -0.496 e. The van der Waals surface area contributed by atoms with E-state index in [0.29, 0.717) is 6.54 Å². The van der Waals surface area contributed by atoms with Gasteiger partial charge in [0.15, 0.2) is 5.96 Å². The molecule has 1 amide bonds. The molecule has 0 radical (unpaired) electrons. The summed E-state index contributed by atoms with van der Waals surface area (Å²) in [6.45, 7) is 6.00. The lowest BCUT2D eigenvalue weighted by atomic mass is 10.2. The highest BCUT2D eigenvalue weighted by Crippen LogP contribution is 2.22. The molecule has 2 rings (SSSR count). The SMILES string of the molecule is CN=C(NCc1cc(Br)ccc1OC)NC1CCN(C(=O)C(C)C)C1. The van der Waals surface area contributed by atoms with E-state index in [4.69, 9.17) is 4.74 Å². The molecule has 0 spiro atoms. The van der Waals surface area contributed by atoms with Gasteiger partial charge in [-0.2, -0.15) is 0 Å². The van der Waals surface area contributed by atoms with Gasteiger partial charge in [-0.15, -0.1) is 0 Å². The van der Waals surface area contributed by atoms with Crippen LogP contribution >= 0.6 is 15.9 Å². The summed E-state index contributed by atoms with van der Waals surface area (Å²) in [6.07, 6.45) is 0.930. The lowest BCUT2D eigenvalue weighted by Gasteiger charge is -2.20. The number of halogens is 1. The van der Waals surface area contributed by atoms with Crippen LogP contribution in [0.3, 0.4) is 0 Å². The van der Waals surface area contributed by atoms with Crippen LogP contribution in [-0.2, 0) is 11.3 Å². The van der Waals surface area contributed by atoms with Gasteiger partial charge in [0.05, 0.1) is 7.11 Å². The molecule has 1 saturated heterocycles. The molecule has 6 nitrogen and oxygen atoms in total. The topological polar surface area (TPSA) is 66.0 Å². The minimum absolute atomic E-state index is 0.0418. The smallest absolute Gasteiger partial charge is 0.225 e. The molecule has 25 heavy (non-hydrogen) atoms. The van der Waals surface area contributed by atoms with Gasteiger partial charge in [0.2, 0.25) is 5.91 Å². The fourth-order valence-electron chi connectivity index (χ4n) is 2.90. The maximum atomic E-state index is 12.1. The van der Waals surface area contributed by atoms with E-state index in [1.54, 1.807) is 14.2 Å². The average molecular weight is 411 g/mol. The maximum Gasteiger partial charge on any atom is 0.225 e. The van der Waals surface area contributed by atoms with Gasteiger partial charge in [0.25, 0.3) is 0 Å². The second-order valence-electron chi connectivity index (χ2n) is 6.45. The number of carbonyl (C=O) groups excluding carboxylic acids is 1. The molecule has 0 bridgehead atoms. The highest BCUT2D eigenvalue weighted by molar-refractivity contribution is 9.10. The second kappa shape index (κ2) is 9.08. The van der Waals surface area contributed by atoms with E-state index >= 15 is 0 Å². The average Bonchev–Trinajstić information content (AvgIpc) is 3.06. The number of methoxy groups -OCH3 is 1. The van der Waals surface area contributed by atoms with Crippen LogP contribution in [0.15, 0.2) is 27.7 Å². The zero-order chi connectivity index (χ0) is 18.4. The van der Waals surface area contributed by atoms with Crippen molar-refractivity contribution >= 4 is 27.8 Å². The summed E-state index contributed by atoms with van der Waals surface area (Å²) >= 11 is 3.49. The van der Waals surface area contributed by atoms with Crippen LogP contribution < -0.4 is 15.4 Å². The predicted octanol–water partition coefficient (Wildman–Crippen LogP) is 2.38. The van der Waals surface area contributed by atoms with Gasteiger partial charge >= 0.3 is 0 Å². The van der Waals surface area contributed by atoms with Gasteiger partial charge in [-0.3, -0.25) is 9.79 Å². The summed E-state index contributed by atoms with van der Waals surface area (Å²) in [5, 5.41) is 6.72. The number of carbonyl (C=O) groups is 1. The van der Waals surface area contributed by atoms with Crippen molar-refractivity contribution in [2.45, 2.75) is 32.9 Å². The fraction of sp³-hybridized carbons (Fsp3) is 0.556. The van der Waals surface area contributed by atoms with Gasteiger partial charge in [-0.05, 0) is 24.6 Å². The van der Waals surface area contributed by atoms with Crippen LogP contribution in [0.4, 0.5) is 0 Å². The lowest BCUT2D eigenvalue weighted by Crippen LogP contribution is -2.45. The van der Waals surface area contributed by atoms with Gasteiger partial charge in [-0.1, -0.05) is 29.8 Å². The van der Waals surface area contributed by atoms with E-state index in [2.05, 4.69) is 31.6 Å². The van der Waals surface area contributed by atoms with Gasteiger partial charge in [-0.25, -0.2) is 0 Å². The summed E-state index contributed by atoms with van der Waals surface area (Å²) in [6, 6.07) is 6.13. The van der Waals surface area contributed by atoms with Crippen LogP contribution in [0.25, 0.3) is 0 Å². The molecule has 2 N–H and O–H groups in total. The van der Waals surface area contributed by atoms with Crippen LogP contribution in [0, 0.1) is 5.92 Å². The molecule has 0 saturated carbocycles. The number of benzene rings is 1. The highest BCUT2D eigenvalue weighted by atomic mass is 79.9. The van der Waals surface area contributed by atoms with Crippen LogP contribution in [0.5, 0.6) is 5.75 Å². The quantitative estimate of drug-likeness (QED) is 0.577. The van der Waals surface area contributed by atoms with Gasteiger partial charge < -0.3 is 20.3 Å². The molecule has 1 unspecified atom stereocenters. The van der Waals surface area contributed by atoms with E-state index in [1.165, 1.54) is 0 Å². The molecule has 1 heterocycles. The Morgan fingerprint density at radius 1 is 1.48 bits per heavy atom. The Labute approximate surface area is 158 Å². The molecular formula is C18H27BrN4O2. The van der Waals surface area contributed by atoms with Gasteiger partial charge in [0, 0.05) is 48.7 Å². The molecule has 1 aromatic carbocycles. The Morgan fingerprint density at radius 3 is 2.88 bits per heavy atom. The van der Waals surface area contributed by atoms with Crippen molar-refractivity contribution in [3.8, 4) is 5.75 Å². The first-order valence-corrected chi connectivity index (χ1v) is 9.32. The number of hydrogen-bond acceptors (Lipinski definition) is 3. The zero-order valence-electron chi connectivity index (χ0n) is 15.3. The third-order valence-electron chi connectivity index (χ3n) is 4.25. The van der Waals surface area contributed by atoms with E-state index in [1.807, 2.05) is 36.9 Å². The number of guanidine groups is 1. The monoisotopic (exact) mass is 410 g/mol. The molecule has 0 aliphatic carbocycles. The summed E-state index contributed by atoms with van der Waals surface area (Å²) < 4.78 is 6.40. The molecular weight excluding hydrogens is 384 g/mol. The molecule has 0 aromatic heterocycles. The number of likely N-dealkylation sites (tertiary alicyclic amines) is 1. The highest BCUT2D eigenvalue weighted by Gasteiger charge is 2.27. The third kappa shape index (κ3) is 5.36. The number of ether oxygens (including phenoxy) is 1. The first-order valence-electron chi connectivity index (χ1n) is 8.53. The van der Waals surface area contributed by atoms with Crippen molar-refractivity contribution < 1.29 is 9.53 Å². The fourth-order valence-corrected chi connectivity index (χ4v) is 3.30. The summed E-state index contributed by atoms with van der Waals surface area (Å²) in [5.74, 6) is 1.82. The van der Waals surface area contributed by atoms with Crippen molar-refractivity contribution in [2.75, 3.05) is 27.2 Å². The second-order valence-corrected chi connectivity index (χ2v) is 7.37. The Morgan fingerprint density at radius 2 is 2.24 bits per heavy atom. The Hall–Kier alpha value is -1.76. The van der Waals surface area contributed by atoms with Crippen molar-refractivity contribution in [2.24, 2.45) is 10.9 Å². The van der Waals surface area contributed by atoms with E-state index in [0.717, 1.165) is 41.3 Å². The molecule has 1 aliphatic rings. The van der Waals surface area contributed by atoms with E-state index in [-0.39, 0.29) is 17.9 Å². The predicted molar refractivity (Wildman–Crippen MR) is 104 cm³/mol. The molecule has 7 heteroatoms. The molecule has 1 aromatic rings. The van der Waals surface area contributed by atoms with Crippen molar-refractivity contribution in [3.05, 3.63) is 28.2 Å². The van der Waals surface area contributed by atoms with E-state index < -0.39 is 0 Å². The Kier molecular flexibility index (Phi) is 7.11. The lowest BCUT2D eigenvalue weighted by molar-refractivity contribution is -0.133. The van der Waals surface area contributed by atoms with Crippen molar-refractivity contribution in [3.63, 3.8) is 0 Å². The number of rotatable bonds is 5. The molecule has 1 aliphatic heterocycles. The molecule has 1 atom stereocenters. The largest absolute Gasteiger partial charge is 0.496 e. The van der Waals surface area contributed by atoms with Crippen molar-refractivity contribution in [1.82, 2.24) is 15.5 Å². The summed E-state index contributed by atoms with van der Waals surface area (Å²) in [4.78, 5) is 18.3. The van der Waals surface area contributed by atoms with Gasteiger partial charge in [0.1, 0.15) is 5.75 Å². The van der Waals surface area contributed by atoms with E-state index in [9.17, 15) is 4.79 Å². The van der Waals surface area contributed by atoms with Crippen molar-refractivity contribution in [1.29, 1.82) is 0 Å². The number of nitrogens with one attached hydrogen (secondary N) is 2. The minimum atomic E-state index is 0.0418. The number of nitrogens with zero attached hydrogens (tertiary/aromatic N) is 2. The number of hydrogen-bond donors (Lipinski definition) is 2. The number of aliphatic imine (C=N–C) groups is 1. The summed E-state index contributed by atoms with van der Waals surface area (Å²) in [5.41, 5.74) is 1.04. The normalized spacial score (nSPS) is 17.8. The number of amides is 1. The third-order valence-corrected chi connectivity index (χ3v) is 4.74.